The molecule has 2 unspecified atom stereocenters. The Hall–Kier alpha value is -2.05. The predicted molar refractivity (Wildman–Crippen MR) is 77.9 cm³/mol. The smallest absolute Gasteiger partial charge is 0.234 e. The molecule has 0 bridgehead atoms. The van der Waals surface area contributed by atoms with Crippen LogP contribution < -0.4 is 11.1 Å². The fourth-order valence-electron chi connectivity index (χ4n) is 1.89. The second-order valence-electron chi connectivity index (χ2n) is 4.68. The number of methoxy groups -OCH3 is 1. The molecule has 0 radical (unpaired) electrons. The quantitative estimate of drug-likeness (QED) is 0.504. The molecule has 0 spiro atoms. The minimum Gasteiger partial charge on any atom is -0.385 e. The summed E-state index contributed by atoms with van der Waals surface area (Å²) in [5, 5.41) is 2.73. The normalized spacial score (nSPS) is 13.4. The standard InChI is InChI=1S/C15H20N2O4/c1-10(18)13(14(19)11-6-4-3-5-7-11)17-12(15(16)20)8-9-21-2/h3-7,12-13,17H,8-9H2,1-2H3,(H2,16,20). The van der Waals surface area contributed by atoms with Crippen LogP contribution in [0.2, 0.25) is 0 Å². The largest absolute Gasteiger partial charge is 0.385 e. The van der Waals surface area contributed by atoms with Crippen LogP contribution in [0, 0.1) is 0 Å². The van der Waals surface area contributed by atoms with Gasteiger partial charge >= 0.3 is 0 Å². The summed E-state index contributed by atoms with van der Waals surface area (Å²) in [6, 6.07) is 6.54. The van der Waals surface area contributed by atoms with Crippen molar-refractivity contribution in [2.45, 2.75) is 25.4 Å². The number of amides is 1. The zero-order valence-electron chi connectivity index (χ0n) is 12.2. The highest BCUT2D eigenvalue weighted by atomic mass is 16.5. The Kier molecular flexibility index (Phi) is 6.71. The topological polar surface area (TPSA) is 98.5 Å². The number of ketones is 2. The van der Waals surface area contributed by atoms with Gasteiger partial charge in [-0.25, -0.2) is 0 Å². The summed E-state index contributed by atoms with van der Waals surface area (Å²) in [4.78, 5) is 35.5. The first-order valence-electron chi connectivity index (χ1n) is 6.61. The van der Waals surface area contributed by atoms with Gasteiger partial charge in [-0.2, -0.15) is 0 Å². The molecule has 6 nitrogen and oxygen atoms in total. The van der Waals surface area contributed by atoms with Gasteiger partial charge in [-0.05, 0) is 13.3 Å². The van der Waals surface area contributed by atoms with E-state index < -0.39 is 18.0 Å². The van der Waals surface area contributed by atoms with Gasteiger partial charge in [-0.1, -0.05) is 30.3 Å². The van der Waals surface area contributed by atoms with Crippen molar-refractivity contribution in [1.82, 2.24) is 5.32 Å². The first-order valence-corrected chi connectivity index (χ1v) is 6.61. The molecule has 0 aromatic heterocycles. The van der Waals surface area contributed by atoms with E-state index in [0.29, 0.717) is 12.2 Å². The Morgan fingerprint density at radius 2 is 1.86 bits per heavy atom. The van der Waals surface area contributed by atoms with Gasteiger partial charge in [-0.15, -0.1) is 0 Å². The van der Waals surface area contributed by atoms with Crippen LogP contribution >= 0.6 is 0 Å². The Labute approximate surface area is 123 Å². The number of carbonyl (C=O) groups is 3. The molecule has 1 aromatic carbocycles. The minimum absolute atomic E-state index is 0.289. The molecule has 0 heterocycles. The van der Waals surface area contributed by atoms with E-state index >= 15 is 0 Å². The fraction of sp³-hybridized carbons (Fsp3) is 0.400. The van der Waals surface area contributed by atoms with E-state index in [0.717, 1.165) is 0 Å². The van der Waals surface area contributed by atoms with Crippen LogP contribution in [0.3, 0.4) is 0 Å². The van der Waals surface area contributed by atoms with E-state index in [1.165, 1.54) is 14.0 Å². The number of Topliss-reactive ketones (excluding diaryl/α,β-unsaturated/α-hetero) is 2. The summed E-state index contributed by atoms with van der Waals surface area (Å²) < 4.78 is 4.89. The molecule has 1 aromatic rings. The molecule has 1 rings (SSSR count). The molecule has 2 atom stereocenters. The lowest BCUT2D eigenvalue weighted by atomic mass is 10.00. The van der Waals surface area contributed by atoms with Crippen molar-refractivity contribution in [3.8, 4) is 0 Å². The number of ether oxygens (including phenoxy) is 1. The van der Waals surface area contributed by atoms with E-state index in [9.17, 15) is 14.4 Å². The molecule has 0 saturated heterocycles. The van der Waals surface area contributed by atoms with Gasteiger partial charge in [0.15, 0.2) is 11.6 Å². The third-order valence-corrected chi connectivity index (χ3v) is 3.05. The van der Waals surface area contributed by atoms with Crippen molar-refractivity contribution < 1.29 is 19.1 Å². The maximum atomic E-state index is 12.4. The van der Waals surface area contributed by atoms with Crippen molar-refractivity contribution in [3.05, 3.63) is 35.9 Å². The van der Waals surface area contributed by atoms with E-state index in [-0.39, 0.29) is 18.0 Å². The molecule has 0 aliphatic heterocycles. The molecule has 0 saturated carbocycles. The van der Waals surface area contributed by atoms with E-state index in [2.05, 4.69) is 5.32 Å². The maximum absolute atomic E-state index is 12.4. The summed E-state index contributed by atoms with van der Waals surface area (Å²) in [6.07, 6.45) is 0.289. The van der Waals surface area contributed by atoms with Crippen molar-refractivity contribution in [1.29, 1.82) is 0 Å². The number of hydrogen-bond donors (Lipinski definition) is 2. The first-order chi connectivity index (χ1) is 9.97. The first kappa shape index (κ1) is 17.0. The number of nitrogens with one attached hydrogen (secondary N) is 1. The fourth-order valence-corrected chi connectivity index (χ4v) is 1.89. The van der Waals surface area contributed by atoms with Crippen LogP contribution in [0.15, 0.2) is 30.3 Å². The van der Waals surface area contributed by atoms with Crippen molar-refractivity contribution in [3.63, 3.8) is 0 Å². The molecule has 21 heavy (non-hydrogen) atoms. The minimum atomic E-state index is -1.10. The average Bonchev–Trinajstić information content (AvgIpc) is 2.47. The molecule has 1 amide bonds. The lowest BCUT2D eigenvalue weighted by Crippen LogP contribution is -2.52. The van der Waals surface area contributed by atoms with Gasteiger partial charge in [0.1, 0.15) is 6.04 Å². The van der Waals surface area contributed by atoms with Crippen LogP contribution in [-0.2, 0) is 14.3 Å². The molecular formula is C15H20N2O4. The van der Waals surface area contributed by atoms with Gasteiger partial charge in [-0.3, -0.25) is 19.7 Å². The molecule has 114 valence electrons. The summed E-state index contributed by atoms with van der Waals surface area (Å²) in [5.41, 5.74) is 5.69. The summed E-state index contributed by atoms with van der Waals surface area (Å²) in [7, 11) is 1.50. The van der Waals surface area contributed by atoms with Gasteiger partial charge in [0.2, 0.25) is 5.91 Å². The van der Waals surface area contributed by atoms with Crippen LogP contribution in [0.4, 0.5) is 0 Å². The number of rotatable bonds is 9. The van der Waals surface area contributed by atoms with Crippen molar-refractivity contribution in [2.75, 3.05) is 13.7 Å². The van der Waals surface area contributed by atoms with Gasteiger partial charge < -0.3 is 10.5 Å². The summed E-state index contributed by atoms with van der Waals surface area (Å²) in [6.45, 7) is 1.59. The van der Waals surface area contributed by atoms with E-state index in [4.69, 9.17) is 10.5 Å². The third kappa shape index (κ3) is 5.09. The number of benzene rings is 1. The highest BCUT2D eigenvalue weighted by molar-refractivity contribution is 6.13. The van der Waals surface area contributed by atoms with Crippen LogP contribution in [0.5, 0.6) is 0 Å². The average molecular weight is 292 g/mol. The number of hydrogen-bond acceptors (Lipinski definition) is 5. The van der Waals surface area contributed by atoms with E-state index in [1.54, 1.807) is 30.3 Å². The lowest BCUT2D eigenvalue weighted by Gasteiger charge is -2.21. The zero-order chi connectivity index (χ0) is 15.8. The number of nitrogens with two attached hydrogens (primary N) is 1. The van der Waals surface area contributed by atoms with Gasteiger partial charge in [0.05, 0.1) is 6.04 Å². The van der Waals surface area contributed by atoms with Gasteiger partial charge in [0, 0.05) is 19.3 Å². The maximum Gasteiger partial charge on any atom is 0.234 e. The van der Waals surface area contributed by atoms with Crippen LogP contribution in [-0.4, -0.2) is 43.3 Å². The van der Waals surface area contributed by atoms with Gasteiger partial charge in [0.25, 0.3) is 0 Å². The Morgan fingerprint density at radius 3 is 2.33 bits per heavy atom. The highest BCUT2D eigenvalue weighted by Crippen LogP contribution is 2.06. The summed E-state index contributed by atoms with van der Waals surface area (Å²) >= 11 is 0. The zero-order valence-corrected chi connectivity index (χ0v) is 12.2. The molecule has 0 aliphatic carbocycles. The number of carbonyl (C=O) groups excluding carboxylic acids is 3. The molecule has 6 heteroatoms. The van der Waals surface area contributed by atoms with Crippen LogP contribution in [0.1, 0.15) is 23.7 Å². The highest BCUT2D eigenvalue weighted by Gasteiger charge is 2.28. The third-order valence-electron chi connectivity index (χ3n) is 3.05. The Bertz CT molecular complexity index is 502. The monoisotopic (exact) mass is 292 g/mol. The number of primary amides is 1. The lowest BCUT2D eigenvalue weighted by molar-refractivity contribution is -0.121. The van der Waals surface area contributed by atoms with Crippen molar-refractivity contribution in [2.24, 2.45) is 5.73 Å². The molecule has 0 aliphatic rings. The SMILES string of the molecule is COCCC(NC(C(C)=O)C(=O)c1ccccc1)C(N)=O. The van der Waals surface area contributed by atoms with Crippen LogP contribution in [0.25, 0.3) is 0 Å². The second-order valence-corrected chi connectivity index (χ2v) is 4.68. The van der Waals surface area contributed by atoms with Crippen molar-refractivity contribution >= 4 is 17.5 Å². The Morgan fingerprint density at radius 1 is 1.24 bits per heavy atom. The molecule has 3 N–H and O–H groups in total. The Balaban J connectivity index is 2.88. The second kappa shape index (κ2) is 8.28. The molecule has 0 fully saturated rings. The molecular weight excluding hydrogens is 272 g/mol. The van der Waals surface area contributed by atoms with E-state index in [1.807, 2.05) is 0 Å². The summed E-state index contributed by atoms with van der Waals surface area (Å²) in [5.74, 6) is -1.38. The predicted octanol–water partition coefficient (Wildman–Crippen LogP) is 0.307.